The zero-order valence-electron chi connectivity index (χ0n) is 10.3. The fourth-order valence-electron chi connectivity index (χ4n) is 1.71. The molecule has 19 heavy (non-hydrogen) atoms. The zero-order valence-corrected chi connectivity index (χ0v) is 10.3. The van der Waals surface area contributed by atoms with E-state index in [4.69, 9.17) is 5.73 Å². The number of aryl methyl sites for hydroxylation is 1. The molecule has 0 aliphatic rings. The van der Waals surface area contributed by atoms with Gasteiger partial charge in [0, 0.05) is 18.3 Å². The standard InChI is InChI=1S/C12H13F3N4/c1-2-3-19-7-8(6-17-19)10-4-9(12(13,14)15)5-11(16)18-10/h4-7H,2-3H2,1H3,(H2,16,18). The van der Waals surface area contributed by atoms with Crippen LogP contribution in [0.3, 0.4) is 0 Å². The Morgan fingerprint density at radius 3 is 2.68 bits per heavy atom. The minimum Gasteiger partial charge on any atom is -0.384 e. The fourth-order valence-corrected chi connectivity index (χ4v) is 1.71. The van der Waals surface area contributed by atoms with Gasteiger partial charge in [-0.25, -0.2) is 4.98 Å². The Balaban J connectivity index is 2.41. The molecule has 0 spiro atoms. The Bertz CT molecular complexity index is 575. The number of nitrogens with zero attached hydrogens (tertiary/aromatic N) is 3. The Hall–Kier alpha value is -2.05. The Kier molecular flexibility index (Phi) is 3.46. The Labute approximate surface area is 108 Å². The molecule has 0 aliphatic carbocycles. The van der Waals surface area contributed by atoms with Gasteiger partial charge in [-0.2, -0.15) is 18.3 Å². The van der Waals surface area contributed by atoms with Crippen molar-refractivity contribution >= 4 is 5.82 Å². The van der Waals surface area contributed by atoms with Gasteiger partial charge in [0.25, 0.3) is 0 Å². The second-order valence-electron chi connectivity index (χ2n) is 4.16. The van der Waals surface area contributed by atoms with Gasteiger partial charge < -0.3 is 5.73 Å². The van der Waals surface area contributed by atoms with Crippen molar-refractivity contribution in [2.45, 2.75) is 26.1 Å². The average molecular weight is 270 g/mol. The summed E-state index contributed by atoms with van der Waals surface area (Å²) in [6.45, 7) is 2.69. The largest absolute Gasteiger partial charge is 0.416 e. The van der Waals surface area contributed by atoms with Crippen LogP contribution in [0.2, 0.25) is 0 Å². The molecule has 2 N–H and O–H groups in total. The van der Waals surface area contributed by atoms with E-state index in [-0.39, 0.29) is 11.5 Å². The van der Waals surface area contributed by atoms with Gasteiger partial charge in [-0.3, -0.25) is 4.68 Å². The minimum absolute atomic E-state index is 0.159. The van der Waals surface area contributed by atoms with E-state index < -0.39 is 11.7 Å². The van der Waals surface area contributed by atoms with E-state index in [1.807, 2.05) is 6.92 Å². The van der Waals surface area contributed by atoms with Crippen LogP contribution in [-0.2, 0) is 12.7 Å². The van der Waals surface area contributed by atoms with Crippen LogP contribution in [0.4, 0.5) is 19.0 Å². The highest BCUT2D eigenvalue weighted by Gasteiger charge is 2.31. The summed E-state index contributed by atoms with van der Waals surface area (Å²) in [5, 5.41) is 4.06. The molecule has 0 radical (unpaired) electrons. The Morgan fingerprint density at radius 1 is 1.32 bits per heavy atom. The molecule has 7 heteroatoms. The lowest BCUT2D eigenvalue weighted by atomic mass is 10.1. The first-order valence-corrected chi connectivity index (χ1v) is 5.77. The summed E-state index contributed by atoms with van der Waals surface area (Å²) in [5.74, 6) is -0.159. The van der Waals surface area contributed by atoms with Crippen LogP contribution >= 0.6 is 0 Å². The molecular weight excluding hydrogens is 257 g/mol. The summed E-state index contributed by atoms with van der Waals surface area (Å²) in [7, 11) is 0. The van der Waals surface area contributed by atoms with Gasteiger partial charge in [-0.15, -0.1) is 0 Å². The lowest BCUT2D eigenvalue weighted by Crippen LogP contribution is -2.07. The topological polar surface area (TPSA) is 56.7 Å². The highest BCUT2D eigenvalue weighted by atomic mass is 19.4. The van der Waals surface area contributed by atoms with Crippen molar-refractivity contribution in [3.05, 3.63) is 30.1 Å². The number of hydrogen-bond acceptors (Lipinski definition) is 3. The first-order chi connectivity index (χ1) is 8.90. The van der Waals surface area contributed by atoms with E-state index in [1.165, 1.54) is 6.20 Å². The molecule has 2 heterocycles. The number of nitrogens with two attached hydrogens (primary N) is 1. The molecule has 2 aromatic rings. The summed E-state index contributed by atoms with van der Waals surface area (Å²) in [6, 6.07) is 1.80. The van der Waals surface area contributed by atoms with Crippen molar-refractivity contribution in [3.63, 3.8) is 0 Å². The van der Waals surface area contributed by atoms with Crippen LogP contribution in [0.5, 0.6) is 0 Å². The van der Waals surface area contributed by atoms with Crippen LogP contribution in [0.25, 0.3) is 11.3 Å². The smallest absolute Gasteiger partial charge is 0.384 e. The predicted molar refractivity (Wildman–Crippen MR) is 65.2 cm³/mol. The Morgan fingerprint density at radius 2 is 2.05 bits per heavy atom. The van der Waals surface area contributed by atoms with Crippen molar-refractivity contribution in [1.29, 1.82) is 0 Å². The normalized spacial score (nSPS) is 11.8. The van der Waals surface area contributed by atoms with Crippen LogP contribution in [0, 0.1) is 0 Å². The van der Waals surface area contributed by atoms with Gasteiger partial charge in [0.1, 0.15) is 5.82 Å². The van der Waals surface area contributed by atoms with Gasteiger partial charge in [-0.05, 0) is 18.6 Å². The lowest BCUT2D eigenvalue weighted by molar-refractivity contribution is -0.137. The SMILES string of the molecule is CCCn1cc(-c2cc(C(F)(F)F)cc(N)n2)cn1. The van der Waals surface area contributed by atoms with Crippen LogP contribution in [-0.4, -0.2) is 14.8 Å². The molecule has 0 saturated heterocycles. The first-order valence-electron chi connectivity index (χ1n) is 5.77. The van der Waals surface area contributed by atoms with Gasteiger partial charge in [0.15, 0.2) is 0 Å². The van der Waals surface area contributed by atoms with Crippen LogP contribution in [0.15, 0.2) is 24.5 Å². The number of hydrogen-bond donors (Lipinski definition) is 1. The van der Waals surface area contributed by atoms with E-state index in [9.17, 15) is 13.2 Å². The van der Waals surface area contributed by atoms with E-state index in [0.717, 1.165) is 18.6 Å². The molecule has 0 amide bonds. The highest BCUT2D eigenvalue weighted by Crippen LogP contribution is 2.32. The summed E-state index contributed by atoms with van der Waals surface area (Å²) in [4.78, 5) is 3.92. The summed E-state index contributed by atoms with van der Waals surface area (Å²) in [6.07, 6.45) is -0.409. The third-order valence-electron chi connectivity index (χ3n) is 2.55. The molecule has 0 saturated carbocycles. The number of aromatic nitrogens is 3. The van der Waals surface area contributed by atoms with Crippen molar-refractivity contribution in [2.24, 2.45) is 0 Å². The van der Waals surface area contributed by atoms with Gasteiger partial charge >= 0.3 is 6.18 Å². The lowest BCUT2D eigenvalue weighted by Gasteiger charge is -2.08. The van der Waals surface area contributed by atoms with E-state index in [0.29, 0.717) is 12.1 Å². The minimum atomic E-state index is -4.44. The van der Waals surface area contributed by atoms with E-state index >= 15 is 0 Å². The van der Waals surface area contributed by atoms with Crippen LogP contribution < -0.4 is 5.73 Å². The third-order valence-corrected chi connectivity index (χ3v) is 2.55. The van der Waals surface area contributed by atoms with Crippen molar-refractivity contribution in [3.8, 4) is 11.3 Å². The summed E-state index contributed by atoms with van der Waals surface area (Å²) < 4.78 is 39.7. The van der Waals surface area contributed by atoms with Gasteiger partial charge in [0.05, 0.1) is 17.5 Å². The molecule has 0 fully saturated rings. The quantitative estimate of drug-likeness (QED) is 0.932. The van der Waals surface area contributed by atoms with Gasteiger partial charge in [-0.1, -0.05) is 6.92 Å². The average Bonchev–Trinajstić information content (AvgIpc) is 2.76. The van der Waals surface area contributed by atoms with Gasteiger partial charge in [0.2, 0.25) is 0 Å². The monoisotopic (exact) mass is 270 g/mol. The molecule has 2 rings (SSSR count). The summed E-state index contributed by atoms with van der Waals surface area (Å²) >= 11 is 0. The maximum Gasteiger partial charge on any atom is 0.416 e. The predicted octanol–water partition coefficient (Wildman–Crippen LogP) is 2.96. The molecule has 2 aromatic heterocycles. The van der Waals surface area contributed by atoms with Crippen molar-refractivity contribution in [1.82, 2.24) is 14.8 Å². The number of rotatable bonds is 3. The molecular formula is C12H13F3N4. The molecule has 0 unspecified atom stereocenters. The number of alkyl halides is 3. The number of pyridine rings is 1. The molecule has 0 aliphatic heterocycles. The zero-order chi connectivity index (χ0) is 14.0. The maximum atomic E-state index is 12.7. The van der Waals surface area contributed by atoms with E-state index in [1.54, 1.807) is 10.9 Å². The fraction of sp³-hybridized carbons (Fsp3) is 0.333. The molecule has 0 bridgehead atoms. The maximum absolute atomic E-state index is 12.7. The van der Waals surface area contributed by atoms with E-state index in [2.05, 4.69) is 10.1 Å². The second kappa shape index (κ2) is 4.91. The number of halogens is 3. The third kappa shape index (κ3) is 3.04. The van der Waals surface area contributed by atoms with Crippen molar-refractivity contribution in [2.75, 3.05) is 5.73 Å². The molecule has 0 aromatic carbocycles. The van der Waals surface area contributed by atoms with Crippen molar-refractivity contribution < 1.29 is 13.2 Å². The first kappa shape index (κ1) is 13.4. The number of nitrogen functional groups attached to an aromatic ring is 1. The molecule has 0 atom stereocenters. The highest BCUT2D eigenvalue weighted by molar-refractivity contribution is 5.60. The second-order valence-corrected chi connectivity index (χ2v) is 4.16. The van der Waals surface area contributed by atoms with Crippen LogP contribution in [0.1, 0.15) is 18.9 Å². The molecule has 4 nitrogen and oxygen atoms in total. The summed E-state index contributed by atoms with van der Waals surface area (Å²) in [5.41, 5.74) is 5.31. The molecule has 102 valence electrons. The number of anilines is 1.